The number of hydrogen-bond acceptors (Lipinski definition) is 3. The van der Waals surface area contributed by atoms with Crippen LogP contribution in [0.4, 0.5) is 0 Å². The van der Waals surface area contributed by atoms with Crippen LogP contribution in [0.1, 0.15) is 31.5 Å². The minimum Gasteiger partial charge on any atom is -0.378 e. The van der Waals surface area contributed by atoms with E-state index in [1.54, 1.807) is 6.20 Å². The molecule has 2 heterocycles. The Morgan fingerprint density at radius 3 is 3.00 bits per heavy atom. The first-order valence-electron chi connectivity index (χ1n) is 7.79. The zero-order chi connectivity index (χ0) is 15.2. The van der Waals surface area contributed by atoms with Crippen LogP contribution in [-0.4, -0.2) is 28.6 Å². The van der Waals surface area contributed by atoms with E-state index in [0.717, 1.165) is 43.0 Å². The van der Waals surface area contributed by atoms with Crippen molar-refractivity contribution in [1.29, 1.82) is 0 Å². The Morgan fingerprint density at radius 1 is 1.36 bits per heavy atom. The van der Waals surface area contributed by atoms with Crippen molar-refractivity contribution < 1.29 is 9.53 Å². The van der Waals surface area contributed by atoms with Crippen molar-refractivity contribution in [3.05, 3.63) is 42.4 Å². The molecule has 0 radical (unpaired) electrons. The highest BCUT2D eigenvalue weighted by atomic mass is 16.5. The van der Waals surface area contributed by atoms with Crippen molar-refractivity contribution in [3.63, 3.8) is 0 Å². The molecule has 2 aromatic rings. The summed E-state index contributed by atoms with van der Waals surface area (Å²) in [5.74, 6) is 0.817. The normalized spacial score (nSPS) is 17.5. The largest absolute Gasteiger partial charge is 0.378 e. The molecule has 1 fully saturated rings. The van der Waals surface area contributed by atoms with Crippen molar-refractivity contribution in [3.8, 4) is 11.3 Å². The minimum absolute atomic E-state index is 0.0492. The number of benzene rings is 1. The number of imidazole rings is 1. The maximum absolute atomic E-state index is 11.8. The first-order valence-corrected chi connectivity index (χ1v) is 7.79. The van der Waals surface area contributed by atoms with E-state index in [4.69, 9.17) is 4.74 Å². The van der Waals surface area contributed by atoms with E-state index < -0.39 is 0 Å². The van der Waals surface area contributed by atoms with Crippen LogP contribution >= 0.6 is 0 Å². The van der Waals surface area contributed by atoms with Crippen molar-refractivity contribution in [2.45, 2.75) is 38.3 Å². The maximum Gasteiger partial charge on any atom is 0.220 e. The lowest BCUT2D eigenvalue weighted by Crippen LogP contribution is -2.24. The van der Waals surface area contributed by atoms with Crippen LogP contribution in [0.3, 0.4) is 0 Å². The Hall–Kier alpha value is -2.14. The molecule has 2 N–H and O–H groups in total. The molecule has 22 heavy (non-hydrogen) atoms. The van der Waals surface area contributed by atoms with Crippen LogP contribution in [0.5, 0.6) is 0 Å². The van der Waals surface area contributed by atoms with Crippen LogP contribution in [0.25, 0.3) is 11.3 Å². The quantitative estimate of drug-likeness (QED) is 0.861. The number of carbonyl (C=O) groups is 1. The summed E-state index contributed by atoms with van der Waals surface area (Å²) in [6.45, 7) is 1.26. The number of amides is 1. The summed E-state index contributed by atoms with van der Waals surface area (Å²) in [5, 5.41) is 2.90. The Bertz CT molecular complexity index is 603. The van der Waals surface area contributed by atoms with Gasteiger partial charge in [-0.2, -0.15) is 0 Å². The van der Waals surface area contributed by atoms with E-state index in [1.807, 2.05) is 30.3 Å². The summed E-state index contributed by atoms with van der Waals surface area (Å²) in [6.07, 6.45) is 5.56. The van der Waals surface area contributed by atoms with E-state index in [2.05, 4.69) is 15.3 Å². The molecule has 1 aliphatic heterocycles. The van der Waals surface area contributed by atoms with Gasteiger partial charge in [0.05, 0.1) is 24.5 Å². The van der Waals surface area contributed by atoms with Crippen molar-refractivity contribution in [2.75, 3.05) is 6.61 Å². The van der Waals surface area contributed by atoms with Gasteiger partial charge in [0.25, 0.3) is 0 Å². The predicted octanol–water partition coefficient (Wildman–Crippen LogP) is 2.65. The van der Waals surface area contributed by atoms with Gasteiger partial charge >= 0.3 is 0 Å². The molecule has 5 heteroatoms. The van der Waals surface area contributed by atoms with Crippen molar-refractivity contribution in [1.82, 2.24) is 15.3 Å². The molecule has 116 valence electrons. The number of aromatic amines is 1. The first-order chi connectivity index (χ1) is 10.8. The van der Waals surface area contributed by atoms with Gasteiger partial charge < -0.3 is 15.0 Å². The number of ether oxygens (including phenoxy) is 1. The lowest BCUT2D eigenvalue weighted by molar-refractivity contribution is -0.121. The molecular formula is C17H21N3O2. The third-order valence-electron chi connectivity index (χ3n) is 3.88. The maximum atomic E-state index is 11.8. The van der Waals surface area contributed by atoms with Crippen LogP contribution in [-0.2, 0) is 16.1 Å². The van der Waals surface area contributed by atoms with Gasteiger partial charge in [-0.3, -0.25) is 4.79 Å². The predicted molar refractivity (Wildman–Crippen MR) is 84.1 cm³/mol. The van der Waals surface area contributed by atoms with Crippen molar-refractivity contribution in [2.24, 2.45) is 0 Å². The minimum atomic E-state index is 0.0492. The SMILES string of the molecule is O=C(CCC1CCCO1)NCc1ncc(-c2ccccc2)[nH]1. The number of H-pyrrole nitrogens is 1. The van der Waals surface area contributed by atoms with Crippen molar-refractivity contribution >= 4 is 5.91 Å². The number of aromatic nitrogens is 2. The van der Waals surface area contributed by atoms with Gasteiger partial charge in [0.1, 0.15) is 5.82 Å². The van der Waals surface area contributed by atoms with Crippen LogP contribution in [0.15, 0.2) is 36.5 Å². The van der Waals surface area contributed by atoms with Gasteiger partial charge in [0.15, 0.2) is 0 Å². The Kier molecular flexibility index (Phi) is 4.85. The summed E-state index contributed by atoms with van der Waals surface area (Å²) in [5.41, 5.74) is 2.05. The molecular weight excluding hydrogens is 278 g/mol. The van der Waals surface area contributed by atoms with E-state index in [-0.39, 0.29) is 12.0 Å². The average molecular weight is 299 g/mol. The van der Waals surface area contributed by atoms with Crippen LogP contribution < -0.4 is 5.32 Å². The average Bonchev–Trinajstić information content (AvgIpc) is 3.23. The molecule has 0 aliphatic carbocycles. The van der Waals surface area contributed by atoms with E-state index in [9.17, 15) is 4.79 Å². The van der Waals surface area contributed by atoms with Gasteiger partial charge in [-0.15, -0.1) is 0 Å². The van der Waals surface area contributed by atoms with E-state index in [1.165, 1.54) is 0 Å². The summed E-state index contributed by atoms with van der Waals surface area (Å²) < 4.78 is 5.52. The fraction of sp³-hybridized carbons (Fsp3) is 0.412. The third kappa shape index (κ3) is 3.95. The summed E-state index contributed by atoms with van der Waals surface area (Å²) >= 11 is 0. The van der Waals surface area contributed by atoms with E-state index in [0.29, 0.717) is 13.0 Å². The topological polar surface area (TPSA) is 67.0 Å². The molecule has 1 aromatic carbocycles. The Morgan fingerprint density at radius 2 is 2.23 bits per heavy atom. The van der Waals surface area contributed by atoms with Gasteiger partial charge in [0.2, 0.25) is 5.91 Å². The number of nitrogens with zero attached hydrogens (tertiary/aromatic N) is 1. The van der Waals surface area contributed by atoms with Gasteiger partial charge in [-0.05, 0) is 24.8 Å². The number of rotatable bonds is 6. The fourth-order valence-corrected chi connectivity index (χ4v) is 2.65. The molecule has 1 saturated heterocycles. The van der Waals surface area contributed by atoms with Gasteiger partial charge in [0, 0.05) is 13.0 Å². The summed E-state index contributed by atoms with van der Waals surface area (Å²) in [4.78, 5) is 19.4. The van der Waals surface area contributed by atoms with Crippen LogP contribution in [0, 0.1) is 0 Å². The lowest BCUT2D eigenvalue weighted by atomic mass is 10.1. The first kappa shape index (κ1) is 14.8. The molecule has 1 aliphatic rings. The third-order valence-corrected chi connectivity index (χ3v) is 3.88. The van der Waals surface area contributed by atoms with Crippen LogP contribution in [0.2, 0.25) is 0 Å². The second-order valence-corrected chi connectivity index (χ2v) is 5.56. The van der Waals surface area contributed by atoms with E-state index >= 15 is 0 Å². The fourth-order valence-electron chi connectivity index (χ4n) is 2.65. The molecule has 0 spiro atoms. The Labute approximate surface area is 130 Å². The number of hydrogen-bond donors (Lipinski definition) is 2. The molecule has 1 unspecified atom stereocenters. The number of nitrogens with one attached hydrogen (secondary N) is 2. The summed E-state index contributed by atoms with van der Waals surface area (Å²) in [6, 6.07) is 10.0. The highest BCUT2D eigenvalue weighted by molar-refractivity contribution is 5.75. The standard InChI is InChI=1S/C17H21N3O2/c21-17(9-8-14-7-4-10-22-14)19-12-16-18-11-15(20-16)13-5-2-1-3-6-13/h1-3,5-6,11,14H,4,7-10,12H2,(H,18,20)(H,19,21). The summed E-state index contributed by atoms with van der Waals surface area (Å²) in [7, 11) is 0. The smallest absolute Gasteiger partial charge is 0.220 e. The lowest BCUT2D eigenvalue weighted by Gasteiger charge is -2.08. The Balaban J connectivity index is 1.45. The molecule has 0 bridgehead atoms. The molecule has 1 amide bonds. The highest BCUT2D eigenvalue weighted by Crippen LogP contribution is 2.17. The molecule has 3 rings (SSSR count). The molecule has 0 saturated carbocycles. The molecule has 1 aromatic heterocycles. The molecule has 1 atom stereocenters. The number of carbonyl (C=O) groups excluding carboxylic acids is 1. The van der Waals surface area contributed by atoms with Gasteiger partial charge in [-0.1, -0.05) is 30.3 Å². The second-order valence-electron chi connectivity index (χ2n) is 5.56. The highest BCUT2D eigenvalue weighted by Gasteiger charge is 2.16. The second kappa shape index (κ2) is 7.22. The zero-order valence-electron chi connectivity index (χ0n) is 12.5. The van der Waals surface area contributed by atoms with Gasteiger partial charge in [-0.25, -0.2) is 4.98 Å². The monoisotopic (exact) mass is 299 g/mol. The molecule has 5 nitrogen and oxygen atoms in total. The zero-order valence-corrected chi connectivity index (χ0v) is 12.5.